The summed E-state index contributed by atoms with van der Waals surface area (Å²) < 4.78 is 5.90. The van der Waals surface area contributed by atoms with Crippen LogP contribution in [0.25, 0.3) is 0 Å². The first-order valence-corrected chi connectivity index (χ1v) is 10.6. The van der Waals surface area contributed by atoms with Gasteiger partial charge in [-0.2, -0.15) is 0 Å². The summed E-state index contributed by atoms with van der Waals surface area (Å²) in [5.41, 5.74) is 1.36. The van der Waals surface area contributed by atoms with Crippen LogP contribution in [0.5, 0.6) is 0 Å². The van der Waals surface area contributed by atoms with E-state index in [1.54, 1.807) is 0 Å². The Hall–Kier alpha value is -1.63. The Kier molecular flexibility index (Phi) is 10.3. The number of benzene rings is 1. The van der Waals surface area contributed by atoms with Gasteiger partial charge in [-0.15, -0.1) is 0 Å². The molecular formula is C22H39N5O. The molecule has 158 valence electrons. The van der Waals surface area contributed by atoms with Gasteiger partial charge >= 0.3 is 0 Å². The molecule has 1 aromatic rings. The largest absolute Gasteiger partial charge is 0.374 e. The Labute approximate surface area is 171 Å². The number of guanidine groups is 1. The average molecular weight is 390 g/mol. The first-order chi connectivity index (χ1) is 13.6. The van der Waals surface area contributed by atoms with Crippen LogP contribution >= 0.6 is 0 Å². The third kappa shape index (κ3) is 9.04. The highest BCUT2D eigenvalue weighted by Crippen LogP contribution is 2.07. The van der Waals surface area contributed by atoms with Crippen LogP contribution in [0, 0.1) is 5.92 Å². The topological polar surface area (TPSA) is 52.1 Å². The van der Waals surface area contributed by atoms with Crippen LogP contribution in [0.15, 0.2) is 35.3 Å². The summed E-state index contributed by atoms with van der Waals surface area (Å²) >= 11 is 0. The Balaban J connectivity index is 1.59. The number of morpholine rings is 1. The van der Waals surface area contributed by atoms with Gasteiger partial charge in [0.05, 0.1) is 12.7 Å². The van der Waals surface area contributed by atoms with E-state index < -0.39 is 0 Å². The van der Waals surface area contributed by atoms with Crippen molar-refractivity contribution in [3.63, 3.8) is 0 Å². The van der Waals surface area contributed by atoms with Gasteiger partial charge in [-0.3, -0.25) is 9.89 Å². The zero-order chi connectivity index (χ0) is 20.2. The second-order valence-corrected chi connectivity index (χ2v) is 8.10. The number of aliphatic imine (C=N–C) groups is 1. The van der Waals surface area contributed by atoms with Crippen molar-refractivity contribution in [1.29, 1.82) is 0 Å². The molecular weight excluding hydrogens is 350 g/mol. The van der Waals surface area contributed by atoms with E-state index >= 15 is 0 Å². The van der Waals surface area contributed by atoms with E-state index in [0.717, 1.165) is 64.8 Å². The number of rotatable bonds is 10. The molecule has 6 nitrogen and oxygen atoms in total. The fourth-order valence-electron chi connectivity index (χ4n) is 3.55. The van der Waals surface area contributed by atoms with Crippen LogP contribution in [0.2, 0.25) is 0 Å². The molecule has 1 aliphatic heterocycles. The van der Waals surface area contributed by atoms with Gasteiger partial charge in [0.15, 0.2) is 5.96 Å². The van der Waals surface area contributed by atoms with Crippen LogP contribution in [0.1, 0.15) is 25.8 Å². The zero-order valence-electron chi connectivity index (χ0n) is 18.2. The minimum Gasteiger partial charge on any atom is -0.374 e. The lowest BCUT2D eigenvalue weighted by atomic mass is 10.2. The number of hydrogen-bond acceptors (Lipinski definition) is 4. The minimum absolute atomic E-state index is 0.225. The molecule has 0 aliphatic carbocycles. The molecule has 0 bridgehead atoms. The summed E-state index contributed by atoms with van der Waals surface area (Å²) in [5, 5.41) is 6.83. The molecule has 1 aromatic carbocycles. The smallest absolute Gasteiger partial charge is 0.191 e. The molecule has 0 radical (unpaired) electrons. The molecule has 1 heterocycles. The Morgan fingerprint density at radius 2 is 2.07 bits per heavy atom. The van der Waals surface area contributed by atoms with Crippen LogP contribution in [0.4, 0.5) is 0 Å². The summed E-state index contributed by atoms with van der Waals surface area (Å²) in [6.07, 6.45) is 1.30. The van der Waals surface area contributed by atoms with Crippen molar-refractivity contribution in [1.82, 2.24) is 20.4 Å². The second-order valence-electron chi connectivity index (χ2n) is 8.10. The first kappa shape index (κ1) is 22.7. The summed E-state index contributed by atoms with van der Waals surface area (Å²) in [6, 6.07) is 10.6. The lowest BCUT2D eigenvalue weighted by Crippen LogP contribution is -2.50. The van der Waals surface area contributed by atoms with Crippen molar-refractivity contribution in [3.8, 4) is 0 Å². The zero-order valence-corrected chi connectivity index (χ0v) is 18.2. The normalized spacial score (nSPS) is 18.6. The van der Waals surface area contributed by atoms with E-state index in [-0.39, 0.29) is 6.10 Å². The molecule has 0 saturated carbocycles. The molecule has 1 aliphatic rings. The van der Waals surface area contributed by atoms with Crippen LogP contribution in [-0.4, -0.2) is 81.8 Å². The number of ether oxygens (including phenoxy) is 1. The lowest BCUT2D eigenvalue weighted by Gasteiger charge is -2.34. The summed E-state index contributed by atoms with van der Waals surface area (Å²) in [7, 11) is 3.99. The Morgan fingerprint density at radius 3 is 2.79 bits per heavy atom. The highest BCUT2D eigenvalue weighted by Gasteiger charge is 2.21. The molecule has 0 spiro atoms. The van der Waals surface area contributed by atoms with Gasteiger partial charge in [0.25, 0.3) is 0 Å². The van der Waals surface area contributed by atoms with Gasteiger partial charge in [-0.1, -0.05) is 44.2 Å². The highest BCUT2D eigenvalue weighted by molar-refractivity contribution is 5.79. The molecule has 1 saturated heterocycles. The summed E-state index contributed by atoms with van der Waals surface area (Å²) in [6.45, 7) is 12.3. The van der Waals surface area contributed by atoms with Crippen molar-refractivity contribution in [2.75, 3.05) is 60.0 Å². The maximum absolute atomic E-state index is 5.90. The molecule has 0 amide bonds. The monoisotopic (exact) mass is 389 g/mol. The highest BCUT2D eigenvalue weighted by atomic mass is 16.5. The van der Waals surface area contributed by atoms with Gasteiger partial charge in [-0.05, 0) is 31.5 Å². The van der Waals surface area contributed by atoms with Crippen molar-refractivity contribution < 1.29 is 4.74 Å². The van der Waals surface area contributed by atoms with Crippen LogP contribution < -0.4 is 10.6 Å². The molecule has 2 N–H and O–H groups in total. The van der Waals surface area contributed by atoms with Gasteiger partial charge in [-0.25, -0.2) is 0 Å². The average Bonchev–Trinajstić information content (AvgIpc) is 2.68. The van der Waals surface area contributed by atoms with Gasteiger partial charge in [0.1, 0.15) is 0 Å². The van der Waals surface area contributed by atoms with Crippen LogP contribution in [-0.2, 0) is 11.3 Å². The third-order valence-electron chi connectivity index (χ3n) is 4.87. The van der Waals surface area contributed by atoms with E-state index in [4.69, 9.17) is 4.74 Å². The molecule has 1 unspecified atom stereocenters. The van der Waals surface area contributed by atoms with Crippen molar-refractivity contribution >= 4 is 5.96 Å². The van der Waals surface area contributed by atoms with E-state index in [2.05, 4.69) is 76.7 Å². The predicted molar refractivity (Wildman–Crippen MR) is 118 cm³/mol. The van der Waals surface area contributed by atoms with Crippen LogP contribution in [0.3, 0.4) is 0 Å². The van der Waals surface area contributed by atoms with E-state index in [0.29, 0.717) is 5.92 Å². The van der Waals surface area contributed by atoms with E-state index in [1.807, 2.05) is 7.05 Å². The quantitative estimate of drug-likeness (QED) is 0.364. The van der Waals surface area contributed by atoms with Gasteiger partial charge < -0.3 is 20.3 Å². The Morgan fingerprint density at radius 1 is 1.29 bits per heavy atom. The van der Waals surface area contributed by atoms with Crippen molar-refractivity contribution in [3.05, 3.63) is 35.9 Å². The molecule has 28 heavy (non-hydrogen) atoms. The molecule has 1 fully saturated rings. The lowest BCUT2D eigenvalue weighted by molar-refractivity contribution is -0.0284. The number of nitrogens with zero attached hydrogens (tertiary/aromatic N) is 3. The fraction of sp³-hybridized carbons (Fsp3) is 0.682. The van der Waals surface area contributed by atoms with Crippen molar-refractivity contribution in [2.45, 2.75) is 32.9 Å². The molecule has 1 atom stereocenters. The second kappa shape index (κ2) is 12.8. The molecule has 2 rings (SSSR count). The first-order valence-electron chi connectivity index (χ1n) is 10.6. The van der Waals surface area contributed by atoms with E-state index in [1.165, 1.54) is 5.56 Å². The molecule has 0 aromatic heterocycles. The maximum Gasteiger partial charge on any atom is 0.191 e. The minimum atomic E-state index is 0.225. The summed E-state index contributed by atoms with van der Waals surface area (Å²) in [4.78, 5) is 9.19. The summed E-state index contributed by atoms with van der Waals surface area (Å²) in [5.74, 6) is 1.55. The Bertz CT molecular complexity index is 563. The van der Waals surface area contributed by atoms with Crippen molar-refractivity contribution in [2.24, 2.45) is 10.9 Å². The standard InChI is InChI=1S/C22H39N5O/c1-19(2)16-27-13-14-28-21(18-27)15-25-22(23-3)24-11-8-12-26(4)17-20-9-6-5-7-10-20/h5-7,9-10,19,21H,8,11-18H2,1-4H3,(H2,23,24,25). The van der Waals surface area contributed by atoms with Gasteiger partial charge in [0, 0.05) is 46.3 Å². The molecule has 6 heteroatoms. The third-order valence-corrected chi connectivity index (χ3v) is 4.87. The SMILES string of the molecule is CN=C(NCCCN(C)Cc1ccccc1)NCC1CN(CC(C)C)CCO1. The van der Waals surface area contributed by atoms with E-state index in [9.17, 15) is 0 Å². The fourth-order valence-corrected chi connectivity index (χ4v) is 3.55. The maximum atomic E-state index is 5.90. The van der Waals surface area contributed by atoms with Gasteiger partial charge in [0.2, 0.25) is 0 Å². The number of hydrogen-bond donors (Lipinski definition) is 2. The number of nitrogens with one attached hydrogen (secondary N) is 2. The predicted octanol–water partition coefficient (Wildman–Crippen LogP) is 2.03.